The van der Waals surface area contributed by atoms with Crippen molar-refractivity contribution in [1.82, 2.24) is 0 Å². The molecule has 0 aliphatic rings. The van der Waals surface area contributed by atoms with Crippen LogP contribution in [0.25, 0.3) is 0 Å². The first-order valence-corrected chi connectivity index (χ1v) is 9.79. The number of ether oxygens (including phenoxy) is 1. The third-order valence-corrected chi connectivity index (χ3v) is 6.22. The highest BCUT2D eigenvalue weighted by atomic mass is 35.5. The van der Waals surface area contributed by atoms with Crippen LogP contribution in [0.1, 0.15) is 0 Å². The Kier molecular flexibility index (Phi) is 5.13. The molecule has 0 amide bonds. The maximum Gasteiger partial charge on any atom is 0.200 e. The van der Waals surface area contributed by atoms with E-state index in [1.54, 1.807) is 0 Å². The molecule has 0 spiro atoms. The quantitative estimate of drug-likeness (QED) is 0.806. The molecule has 0 saturated heterocycles. The lowest BCUT2D eigenvalue weighted by molar-refractivity contribution is 0.414. The molecule has 0 aromatic heterocycles. The lowest BCUT2D eigenvalue weighted by atomic mass is 10.3. The highest BCUT2D eigenvalue weighted by Crippen LogP contribution is 2.20. The predicted octanol–water partition coefficient (Wildman–Crippen LogP) is 3.07. The zero-order chi connectivity index (χ0) is 17.1. The van der Waals surface area contributed by atoms with Crippen molar-refractivity contribution in [3.05, 3.63) is 64.4 Å². The number of hydrogen-bond acceptors (Lipinski definition) is 5. The summed E-state index contributed by atoms with van der Waals surface area (Å²) in [5.74, 6) is 0.502. The number of rotatable bonds is 5. The van der Waals surface area contributed by atoms with E-state index in [0.29, 0.717) is 21.6 Å². The minimum atomic E-state index is -3.88. The van der Waals surface area contributed by atoms with Gasteiger partial charge in [-0.15, -0.1) is 0 Å². The van der Waals surface area contributed by atoms with Crippen molar-refractivity contribution in [1.29, 1.82) is 0 Å². The van der Waals surface area contributed by atoms with Gasteiger partial charge in [0.05, 0.1) is 16.9 Å². The molecular weight excluding hydrogens is 360 g/mol. The van der Waals surface area contributed by atoms with Crippen LogP contribution in [-0.4, -0.2) is 23.9 Å². The Morgan fingerprint density at radius 2 is 1.17 bits per heavy atom. The maximum atomic E-state index is 12.2. The highest BCUT2D eigenvalue weighted by molar-refractivity contribution is 7.97. The fourth-order valence-corrected chi connectivity index (χ4v) is 4.33. The average molecular weight is 373 g/mol. The summed E-state index contributed by atoms with van der Waals surface area (Å²) in [5, 5.41) is 1.72. The molecule has 0 N–H and O–H groups in total. The van der Waals surface area contributed by atoms with Gasteiger partial charge in [0.1, 0.15) is 5.75 Å². The first-order chi connectivity index (χ1) is 10.7. The molecular formula is C15H13ClO5S2. The van der Waals surface area contributed by atoms with E-state index in [0.717, 1.165) is 0 Å². The fraction of sp³-hybridized carbons (Fsp3) is 0.0667. The number of sulfone groups is 2. The van der Waals surface area contributed by atoms with Crippen molar-refractivity contribution in [3.8, 4) is 5.75 Å². The van der Waals surface area contributed by atoms with Gasteiger partial charge in [0.2, 0.25) is 19.7 Å². The second-order valence-electron chi connectivity index (χ2n) is 4.49. The van der Waals surface area contributed by atoms with Crippen molar-refractivity contribution < 1.29 is 21.6 Å². The zero-order valence-corrected chi connectivity index (χ0v) is 14.4. The summed E-state index contributed by atoms with van der Waals surface area (Å²) in [7, 11) is -6.29. The molecule has 23 heavy (non-hydrogen) atoms. The molecule has 0 heterocycles. The van der Waals surface area contributed by atoms with Gasteiger partial charge in [0.15, 0.2) is 0 Å². The van der Waals surface area contributed by atoms with Crippen molar-refractivity contribution in [2.75, 3.05) is 7.11 Å². The van der Waals surface area contributed by atoms with Crippen LogP contribution in [0.4, 0.5) is 0 Å². The zero-order valence-electron chi connectivity index (χ0n) is 12.0. The SMILES string of the molecule is COc1ccc(S(=O)(=O)/C=C/S(=O)(=O)c2ccc(Cl)cc2)cc1. The van der Waals surface area contributed by atoms with Gasteiger partial charge in [0.25, 0.3) is 0 Å². The van der Waals surface area contributed by atoms with Crippen LogP contribution in [0.5, 0.6) is 5.75 Å². The number of methoxy groups -OCH3 is 1. The third-order valence-electron chi connectivity index (χ3n) is 2.94. The van der Waals surface area contributed by atoms with Gasteiger partial charge >= 0.3 is 0 Å². The van der Waals surface area contributed by atoms with Gasteiger partial charge in [-0.1, -0.05) is 11.6 Å². The molecule has 8 heteroatoms. The van der Waals surface area contributed by atoms with Crippen LogP contribution in [0.2, 0.25) is 5.02 Å². The molecule has 122 valence electrons. The molecule has 0 fully saturated rings. The van der Waals surface area contributed by atoms with Crippen molar-refractivity contribution >= 4 is 31.3 Å². The van der Waals surface area contributed by atoms with E-state index < -0.39 is 19.7 Å². The molecule has 0 atom stereocenters. The Morgan fingerprint density at radius 3 is 1.57 bits per heavy atom. The molecule has 0 radical (unpaired) electrons. The van der Waals surface area contributed by atoms with E-state index >= 15 is 0 Å². The number of hydrogen-bond donors (Lipinski definition) is 0. The largest absolute Gasteiger partial charge is 0.497 e. The summed E-state index contributed by atoms with van der Waals surface area (Å²) < 4.78 is 53.5. The van der Waals surface area contributed by atoms with Crippen LogP contribution in [0.3, 0.4) is 0 Å². The summed E-state index contributed by atoms with van der Waals surface area (Å²) in [6, 6.07) is 11.1. The van der Waals surface area contributed by atoms with Crippen LogP contribution >= 0.6 is 11.6 Å². The Bertz CT molecular complexity index is 913. The van der Waals surface area contributed by atoms with E-state index in [1.807, 2.05) is 0 Å². The summed E-state index contributed by atoms with van der Waals surface area (Å²) in [6.07, 6.45) is 0. The van der Waals surface area contributed by atoms with Gasteiger partial charge in [-0.05, 0) is 48.5 Å². The molecule has 2 aromatic carbocycles. The summed E-state index contributed by atoms with van der Waals surface area (Å²) in [6.45, 7) is 0. The van der Waals surface area contributed by atoms with E-state index in [9.17, 15) is 16.8 Å². The minimum Gasteiger partial charge on any atom is -0.497 e. The van der Waals surface area contributed by atoms with Crippen LogP contribution < -0.4 is 4.74 Å². The van der Waals surface area contributed by atoms with E-state index in [-0.39, 0.29) is 9.79 Å². The molecule has 0 aliphatic heterocycles. The number of halogens is 1. The van der Waals surface area contributed by atoms with Gasteiger partial charge in [0, 0.05) is 15.8 Å². The van der Waals surface area contributed by atoms with Gasteiger partial charge in [-0.25, -0.2) is 16.8 Å². The lowest BCUT2D eigenvalue weighted by Gasteiger charge is -2.02. The highest BCUT2D eigenvalue weighted by Gasteiger charge is 2.15. The second-order valence-corrected chi connectivity index (χ2v) is 8.60. The van der Waals surface area contributed by atoms with Crippen molar-refractivity contribution in [2.45, 2.75) is 9.79 Å². The Balaban J connectivity index is 2.31. The van der Waals surface area contributed by atoms with E-state index in [1.165, 1.54) is 55.6 Å². The predicted molar refractivity (Wildman–Crippen MR) is 88.0 cm³/mol. The Hall–Kier alpha value is -1.83. The summed E-state index contributed by atoms with van der Waals surface area (Å²) >= 11 is 5.70. The molecule has 0 aliphatic carbocycles. The molecule has 2 aromatic rings. The van der Waals surface area contributed by atoms with Crippen LogP contribution in [0, 0.1) is 0 Å². The van der Waals surface area contributed by atoms with Gasteiger partial charge < -0.3 is 4.74 Å². The maximum absolute atomic E-state index is 12.2. The van der Waals surface area contributed by atoms with E-state index in [2.05, 4.69) is 0 Å². The first kappa shape index (κ1) is 17.5. The lowest BCUT2D eigenvalue weighted by Crippen LogP contribution is -2.00. The first-order valence-electron chi connectivity index (χ1n) is 6.32. The number of benzene rings is 2. The summed E-state index contributed by atoms with van der Waals surface area (Å²) in [5.41, 5.74) is 0. The summed E-state index contributed by atoms with van der Waals surface area (Å²) in [4.78, 5) is -0.0658. The van der Waals surface area contributed by atoms with E-state index in [4.69, 9.17) is 16.3 Å². The monoisotopic (exact) mass is 372 g/mol. The van der Waals surface area contributed by atoms with Gasteiger partial charge in [-0.3, -0.25) is 0 Å². The van der Waals surface area contributed by atoms with Gasteiger partial charge in [-0.2, -0.15) is 0 Å². The third kappa shape index (κ3) is 4.34. The second kappa shape index (κ2) is 6.74. The Morgan fingerprint density at radius 1 is 0.783 bits per heavy atom. The normalized spacial score (nSPS) is 12.4. The standard InChI is InChI=1S/C15H13ClO5S2/c1-21-13-4-8-15(9-5-13)23(19,20)11-10-22(17,18)14-6-2-12(16)3-7-14/h2-11H,1H3/b11-10+. The minimum absolute atomic E-state index is 0.0270. The van der Waals surface area contributed by atoms with Crippen LogP contribution in [-0.2, 0) is 19.7 Å². The molecule has 2 rings (SSSR count). The molecule has 0 unspecified atom stereocenters. The smallest absolute Gasteiger partial charge is 0.200 e. The topological polar surface area (TPSA) is 77.5 Å². The van der Waals surface area contributed by atoms with Crippen molar-refractivity contribution in [3.63, 3.8) is 0 Å². The van der Waals surface area contributed by atoms with Crippen LogP contribution in [0.15, 0.2) is 69.1 Å². The molecule has 0 saturated carbocycles. The van der Waals surface area contributed by atoms with Crippen molar-refractivity contribution in [2.24, 2.45) is 0 Å². The molecule has 5 nitrogen and oxygen atoms in total. The molecule has 0 bridgehead atoms. The fourth-order valence-electron chi connectivity index (χ4n) is 1.69. The Labute approximate surface area is 140 Å². The average Bonchev–Trinajstić information content (AvgIpc) is 2.54.